The highest BCUT2D eigenvalue weighted by Gasteiger charge is 2.05. The molecule has 0 aliphatic rings. The number of furan rings is 1. The maximum absolute atomic E-state index is 5.39. The summed E-state index contributed by atoms with van der Waals surface area (Å²) in [6.45, 7) is 2.15. The summed E-state index contributed by atoms with van der Waals surface area (Å²) < 4.78 is 6.50. The molecule has 0 saturated heterocycles. The Balaban J connectivity index is 2.53. The van der Waals surface area contributed by atoms with E-state index in [-0.39, 0.29) is 0 Å². The Morgan fingerprint density at radius 1 is 1.29 bits per heavy atom. The van der Waals surface area contributed by atoms with Crippen LogP contribution in [0.4, 0.5) is 0 Å². The van der Waals surface area contributed by atoms with Crippen LogP contribution in [0.2, 0.25) is 0 Å². The van der Waals surface area contributed by atoms with Gasteiger partial charge in [-0.3, -0.25) is 0 Å². The quantitative estimate of drug-likeness (QED) is 0.776. The van der Waals surface area contributed by atoms with E-state index in [2.05, 4.69) is 35.0 Å². The summed E-state index contributed by atoms with van der Waals surface area (Å²) in [5, 5.41) is 0. The fourth-order valence-electron chi connectivity index (χ4n) is 1.53. The smallest absolute Gasteiger partial charge is 0.134 e. The Hall–Kier alpha value is -1.02. The number of halogens is 1. The predicted octanol–water partition coefficient (Wildman–Crippen LogP) is 4.27. The van der Waals surface area contributed by atoms with Gasteiger partial charge in [-0.2, -0.15) is 0 Å². The van der Waals surface area contributed by atoms with Crippen molar-refractivity contribution in [3.63, 3.8) is 0 Å². The lowest BCUT2D eigenvalue weighted by atomic mass is 10.0. The molecule has 0 radical (unpaired) electrons. The second-order valence-electron chi connectivity index (χ2n) is 3.13. The van der Waals surface area contributed by atoms with Crippen LogP contribution in [0.5, 0.6) is 0 Å². The molecule has 0 bridgehead atoms. The highest BCUT2D eigenvalue weighted by Crippen LogP contribution is 2.27. The highest BCUT2D eigenvalue weighted by atomic mass is 79.9. The Labute approximate surface area is 91.9 Å². The zero-order valence-corrected chi connectivity index (χ0v) is 9.54. The number of benzene rings is 1. The van der Waals surface area contributed by atoms with E-state index in [1.54, 1.807) is 6.26 Å². The molecule has 72 valence electrons. The molecule has 0 aliphatic carbocycles. The van der Waals surface area contributed by atoms with Crippen molar-refractivity contribution < 1.29 is 4.42 Å². The summed E-state index contributed by atoms with van der Waals surface area (Å²) in [4.78, 5) is 0. The van der Waals surface area contributed by atoms with Crippen LogP contribution in [0.1, 0.15) is 12.5 Å². The molecule has 0 amide bonds. The van der Waals surface area contributed by atoms with Gasteiger partial charge < -0.3 is 4.42 Å². The summed E-state index contributed by atoms with van der Waals surface area (Å²) in [7, 11) is 0. The molecule has 2 heteroatoms. The first-order valence-electron chi connectivity index (χ1n) is 4.63. The van der Waals surface area contributed by atoms with Crippen molar-refractivity contribution in [2.45, 2.75) is 13.3 Å². The van der Waals surface area contributed by atoms with Gasteiger partial charge in [-0.05, 0) is 42.3 Å². The van der Waals surface area contributed by atoms with Crippen LogP contribution in [0.25, 0.3) is 11.3 Å². The molecule has 0 saturated carbocycles. The van der Waals surface area contributed by atoms with Crippen LogP contribution in [0.15, 0.2) is 45.5 Å². The normalized spacial score (nSPS) is 10.4. The Morgan fingerprint density at radius 2 is 2.14 bits per heavy atom. The number of hydrogen-bond acceptors (Lipinski definition) is 1. The van der Waals surface area contributed by atoms with Gasteiger partial charge in [-0.1, -0.05) is 22.9 Å². The Bertz CT molecular complexity index is 418. The molecule has 14 heavy (non-hydrogen) atoms. The van der Waals surface area contributed by atoms with Crippen LogP contribution in [-0.4, -0.2) is 0 Å². The first-order valence-corrected chi connectivity index (χ1v) is 5.43. The number of hydrogen-bond donors (Lipinski definition) is 0. The molecule has 0 aliphatic heterocycles. The van der Waals surface area contributed by atoms with Gasteiger partial charge in [0.15, 0.2) is 0 Å². The minimum atomic E-state index is 0.939. The van der Waals surface area contributed by atoms with Gasteiger partial charge in [0.2, 0.25) is 0 Å². The largest absolute Gasteiger partial charge is 0.464 e. The van der Waals surface area contributed by atoms with E-state index in [0.717, 1.165) is 16.7 Å². The Kier molecular flexibility index (Phi) is 2.73. The van der Waals surface area contributed by atoms with E-state index in [9.17, 15) is 0 Å². The zero-order chi connectivity index (χ0) is 9.97. The molecule has 0 atom stereocenters. The maximum Gasteiger partial charge on any atom is 0.134 e. The minimum absolute atomic E-state index is 0.939. The molecule has 0 unspecified atom stereocenters. The number of aryl methyl sites for hydroxylation is 1. The van der Waals surface area contributed by atoms with Crippen molar-refractivity contribution in [3.8, 4) is 11.3 Å². The fraction of sp³-hybridized carbons (Fsp3) is 0.167. The first-order chi connectivity index (χ1) is 6.81. The van der Waals surface area contributed by atoms with Crippen molar-refractivity contribution in [2.24, 2.45) is 0 Å². The summed E-state index contributed by atoms with van der Waals surface area (Å²) in [5.74, 6) is 0.939. The van der Waals surface area contributed by atoms with Crippen LogP contribution in [0.3, 0.4) is 0 Å². The molecule has 1 nitrogen and oxygen atoms in total. The second-order valence-corrected chi connectivity index (χ2v) is 4.05. The molecule has 1 aromatic heterocycles. The van der Waals surface area contributed by atoms with Crippen LogP contribution >= 0.6 is 15.9 Å². The zero-order valence-electron chi connectivity index (χ0n) is 7.96. The molecule has 0 spiro atoms. The van der Waals surface area contributed by atoms with Crippen molar-refractivity contribution in [1.29, 1.82) is 0 Å². The molecule has 0 fully saturated rings. The van der Waals surface area contributed by atoms with Gasteiger partial charge in [0.1, 0.15) is 5.76 Å². The van der Waals surface area contributed by atoms with Crippen molar-refractivity contribution >= 4 is 15.9 Å². The van der Waals surface area contributed by atoms with E-state index in [0.29, 0.717) is 0 Å². The van der Waals surface area contributed by atoms with E-state index in [4.69, 9.17) is 4.42 Å². The van der Waals surface area contributed by atoms with E-state index in [1.807, 2.05) is 18.2 Å². The predicted molar refractivity (Wildman–Crippen MR) is 61.2 cm³/mol. The molecular formula is C12H11BrO. The van der Waals surface area contributed by atoms with Crippen molar-refractivity contribution in [2.75, 3.05) is 0 Å². The maximum atomic E-state index is 5.39. The van der Waals surface area contributed by atoms with Crippen molar-refractivity contribution in [3.05, 3.63) is 46.6 Å². The second kappa shape index (κ2) is 4.01. The third kappa shape index (κ3) is 1.75. The topological polar surface area (TPSA) is 13.1 Å². The summed E-state index contributed by atoms with van der Waals surface area (Å²) >= 11 is 3.47. The van der Waals surface area contributed by atoms with Crippen LogP contribution in [0, 0.1) is 0 Å². The van der Waals surface area contributed by atoms with Gasteiger partial charge in [0.05, 0.1) is 6.26 Å². The van der Waals surface area contributed by atoms with Gasteiger partial charge in [-0.25, -0.2) is 0 Å². The SMILES string of the molecule is CCc1cc(Br)ccc1-c1ccco1. The molecule has 2 aromatic rings. The van der Waals surface area contributed by atoms with E-state index >= 15 is 0 Å². The minimum Gasteiger partial charge on any atom is -0.464 e. The average Bonchev–Trinajstić information content (AvgIpc) is 2.70. The monoisotopic (exact) mass is 250 g/mol. The molecule has 0 N–H and O–H groups in total. The van der Waals surface area contributed by atoms with Gasteiger partial charge in [-0.15, -0.1) is 0 Å². The lowest BCUT2D eigenvalue weighted by Crippen LogP contribution is -1.85. The summed E-state index contributed by atoms with van der Waals surface area (Å²) in [6.07, 6.45) is 2.71. The van der Waals surface area contributed by atoms with Gasteiger partial charge in [0, 0.05) is 10.0 Å². The average molecular weight is 251 g/mol. The third-order valence-corrected chi connectivity index (χ3v) is 2.73. The van der Waals surface area contributed by atoms with Crippen LogP contribution in [-0.2, 0) is 6.42 Å². The van der Waals surface area contributed by atoms with Crippen LogP contribution < -0.4 is 0 Å². The lowest BCUT2D eigenvalue weighted by Gasteiger charge is -2.05. The summed E-state index contributed by atoms with van der Waals surface area (Å²) in [5.41, 5.74) is 2.48. The summed E-state index contributed by atoms with van der Waals surface area (Å²) in [6, 6.07) is 10.2. The number of rotatable bonds is 2. The van der Waals surface area contributed by atoms with Gasteiger partial charge in [0.25, 0.3) is 0 Å². The molecule has 1 heterocycles. The highest BCUT2D eigenvalue weighted by molar-refractivity contribution is 9.10. The Morgan fingerprint density at radius 3 is 2.79 bits per heavy atom. The van der Waals surface area contributed by atoms with Crippen molar-refractivity contribution in [1.82, 2.24) is 0 Å². The molecule has 2 rings (SSSR count). The standard InChI is InChI=1S/C12H11BrO/c1-2-9-8-10(13)5-6-11(9)12-4-3-7-14-12/h3-8H,2H2,1H3. The molecular weight excluding hydrogens is 240 g/mol. The van der Waals surface area contributed by atoms with E-state index in [1.165, 1.54) is 11.1 Å². The van der Waals surface area contributed by atoms with Gasteiger partial charge >= 0.3 is 0 Å². The third-order valence-electron chi connectivity index (χ3n) is 2.23. The fourth-order valence-corrected chi connectivity index (χ4v) is 1.94. The first kappa shape index (κ1) is 9.53. The molecule has 1 aromatic carbocycles. The van der Waals surface area contributed by atoms with E-state index < -0.39 is 0 Å². The lowest BCUT2D eigenvalue weighted by molar-refractivity contribution is 0.581.